The molecule has 1 saturated heterocycles. The van der Waals surface area contributed by atoms with Gasteiger partial charge in [-0.1, -0.05) is 37.1 Å². The lowest BCUT2D eigenvalue weighted by molar-refractivity contribution is 0.108. The molecule has 0 N–H and O–H groups in total. The molecule has 2 atom stereocenters. The Morgan fingerprint density at radius 2 is 1.73 bits per heavy atom. The van der Waals surface area contributed by atoms with Crippen LogP contribution in [-0.4, -0.2) is 48.5 Å². The Hall–Kier alpha value is 0.190. The van der Waals surface area contributed by atoms with Crippen molar-refractivity contribution in [1.29, 1.82) is 0 Å². The SMILES string of the molecule is CCCN(C(C)C)S(OC)(OC)N1CCC2CCCCC2C1. The maximum absolute atomic E-state index is 6.10. The predicted octanol–water partition coefficient (Wildman–Crippen LogP) is 4.38. The molecule has 2 unspecified atom stereocenters. The first-order valence-electron chi connectivity index (χ1n) is 9.05. The Labute approximate surface area is 139 Å². The topological polar surface area (TPSA) is 24.9 Å². The van der Waals surface area contributed by atoms with Gasteiger partial charge >= 0.3 is 0 Å². The summed E-state index contributed by atoms with van der Waals surface area (Å²) in [6.07, 6.45) is 8.09. The highest BCUT2D eigenvalue weighted by molar-refractivity contribution is 8.21. The number of rotatable bonds is 7. The smallest absolute Gasteiger partial charge is 0.0634 e. The maximum Gasteiger partial charge on any atom is 0.0634 e. The van der Waals surface area contributed by atoms with E-state index in [0.717, 1.165) is 37.9 Å². The minimum absolute atomic E-state index is 0.430. The monoisotopic (exact) mass is 332 g/mol. The number of nitrogens with zero attached hydrogens (tertiary/aromatic N) is 2. The van der Waals surface area contributed by atoms with Crippen molar-refractivity contribution in [3.63, 3.8) is 0 Å². The molecule has 0 radical (unpaired) electrons. The Morgan fingerprint density at radius 3 is 2.27 bits per heavy atom. The van der Waals surface area contributed by atoms with Gasteiger partial charge in [0.1, 0.15) is 0 Å². The van der Waals surface area contributed by atoms with Gasteiger partial charge in [0.2, 0.25) is 0 Å². The predicted molar refractivity (Wildman–Crippen MR) is 95.4 cm³/mol. The molecule has 2 rings (SSSR count). The molecule has 1 saturated carbocycles. The van der Waals surface area contributed by atoms with E-state index in [1.807, 2.05) is 14.2 Å². The molecule has 1 aliphatic carbocycles. The Balaban J connectivity index is 2.18. The summed E-state index contributed by atoms with van der Waals surface area (Å²) in [5, 5.41) is 0. The van der Waals surface area contributed by atoms with E-state index in [9.17, 15) is 0 Å². The van der Waals surface area contributed by atoms with Crippen molar-refractivity contribution in [2.24, 2.45) is 11.8 Å². The molecule has 2 fully saturated rings. The second kappa shape index (κ2) is 8.34. The van der Waals surface area contributed by atoms with E-state index >= 15 is 0 Å². The van der Waals surface area contributed by atoms with Gasteiger partial charge in [-0.3, -0.25) is 8.37 Å². The van der Waals surface area contributed by atoms with Crippen LogP contribution >= 0.6 is 11.0 Å². The third-order valence-corrected chi connectivity index (χ3v) is 8.38. The van der Waals surface area contributed by atoms with Gasteiger partial charge in [0.05, 0.1) is 14.2 Å². The van der Waals surface area contributed by atoms with Gasteiger partial charge in [0.25, 0.3) is 0 Å². The van der Waals surface area contributed by atoms with E-state index in [0.29, 0.717) is 6.04 Å². The molecule has 0 bridgehead atoms. The average Bonchev–Trinajstić information content (AvgIpc) is 2.55. The van der Waals surface area contributed by atoms with Crippen molar-refractivity contribution >= 4 is 11.0 Å². The van der Waals surface area contributed by atoms with Crippen molar-refractivity contribution in [2.45, 2.75) is 65.3 Å². The lowest BCUT2D eigenvalue weighted by Gasteiger charge is -2.59. The fraction of sp³-hybridized carbons (Fsp3) is 1.00. The summed E-state index contributed by atoms with van der Waals surface area (Å²) in [5.41, 5.74) is 0. The van der Waals surface area contributed by atoms with Crippen LogP contribution in [0.4, 0.5) is 0 Å². The highest BCUT2D eigenvalue weighted by Gasteiger charge is 2.41. The van der Waals surface area contributed by atoms with Gasteiger partial charge < -0.3 is 0 Å². The van der Waals surface area contributed by atoms with Crippen LogP contribution in [0.3, 0.4) is 0 Å². The summed E-state index contributed by atoms with van der Waals surface area (Å²) in [4.78, 5) is 0. The second-order valence-electron chi connectivity index (χ2n) is 7.00. The first kappa shape index (κ1) is 18.5. The molecule has 1 heterocycles. The number of fused-ring (bicyclic) bond motifs is 1. The zero-order chi connectivity index (χ0) is 16.2. The first-order valence-corrected chi connectivity index (χ1v) is 10.4. The zero-order valence-corrected chi connectivity index (χ0v) is 16.0. The molecule has 1 aliphatic heterocycles. The fourth-order valence-corrected chi connectivity index (χ4v) is 7.16. The zero-order valence-electron chi connectivity index (χ0n) is 15.2. The summed E-state index contributed by atoms with van der Waals surface area (Å²) < 4.78 is 17.2. The summed E-state index contributed by atoms with van der Waals surface area (Å²) in [6.45, 7) is 10.0. The van der Waals surface area contributed by atoms with Crippen LogP contribution < -0.4 is 0 Å². The first-order chi connectivity index (χ1) is 10.6. The van der Waals surface area contributed by atoms with E-state index in [2.05, 4.69) is 29.4 Å². The van der Waals surface area contributed by atoms with E-state index in [4.69, 9.17) is 8.37 Å². The van der Waals surface area contributed by atoms with Crippen LogP contribution in [0.15, 0.2) is 0 Å². The van der Waals surface area contributed by atoms with E-state index in [-0.39, 0.29) is 0 Å². The van der Waals surface area contributed by atoms with E-state index < -0.39 is 11.0 Å². The molecule has 132 valence electrons. The van der Waals surface area contributed by atoms with Crippen LogP contribution in [0.5, 0.6) is 0 Å². The molecule has 0 amide bonds. The van der Waals surface area contributed by atoms with Crippen LogP contribution in [0.25, 0.3) is 0 Å². The van der Waals surface area contributed by atoms with Crippen molar-refractivity contribution < 1.29 is 8.37 Å². The highest BCUT2D eigenvalue weighted by atomic mass is 32.3. The molecule has 0 spiro atoms. The normalized spacial score (nSPS) is 28.1. The van der Waals surface area contributed by atoms with Crippen LogP contribution in [0, 0.1) is 11.8 Å². The molecule has 2 aliphatic rings. The van der Waals surface area contributed by atoms with Gasteiger partial charge in [0, 0.05) is 25.7 Å². The van der Waals surface area contributed by atoms with Crippen molar-refractivity contribution in [3.8, 4) is 0 Å². The van der Waals surface area contributed by atoms with Crippen LogP contribution in [0.1, 0.15) is 59.3 Å². The Morgan fingerprint density at radius 1 is 1.09 bits per heavy atom. The van der Waals surface area contributed by atoms with Gasteiger partial charge in [-0.2, -0.15) is 8.61 Å². The molecule has 4 nitrogen and oxygen atoms in total. The standard InChI is InChI=1S/C17H36N2O2S/c1-6-12-19(15(2)3)22(20-4,21-5)18-13-11-16-9-7-8-10-17(16)14-18/h15-17H,6-14H2,1-5H3. The summed E-state index contributed by atoms with van der Waals surface area (Å²) in [5.74, 6) is 1.78. The molecular weight excluding hydrogens is 296 g/mol. The van der Waals surface area contributed by atoms with E-state index in [1.54, 1.807) is 0 Å². The lowest BCUT2D eigenvalue weighted by atomic mass is 9.76. The average molecular weight is 333 g/mol. The van der Waals surface area contributed by atoms with Gasteiger partial charge in [-0.15, -0.1) is 0 Å². The molecule has 22 heavy (non-hydrogen) atoms. The third kappa shape index (κ3) is 3.64. The third-order valence-electron chi connectivity index (χ3n) is 5.33. The molecule has 0 aromatic rings. The van der Waals surface area contributed by atoms with Gasteiger partial charge in [-0.05, 0) is 44.9 Å². The van der Waals surface area contributed by atoms with Gasteiger partial charge in [0.15, 0.2) is 0 Å². The summed E-state index contributed by atoms with van der Waals surface area (Å²) >= 11 is 0. The number of hydrogen-bond donors (Lipinski definition) is 0. The van der Waals surface area contributed by atoms with Crippen LogP contribution in [0.2, 0.25) is 0 Å². The second-order valence-corrected chi connectivity index (χ2v) is 9.54. The maximum atomic E-state index is 6.10. The fourth-order valence-electron chi connectivity index (χ4n) is 4.26. The van der Waals surface area contributed by atoms with E-state index in [1.165, 1.54) is 32.1 Å². The minimum Gasteiger partial charge on any atom is -0.260 e. The summed E-state index contributed by atoms with van der Waals surface area (Å²) in [7, 11) is 1.90. The lowest BCUT2D eigenvalue weighted by Crippen LogP contribution is -2.50. The Bertz CT molecular complexity index is 337. The Kier molecular flexibility index (Phi) is 7.02. The number of piperidine rings is 1. The van der Waals surface area contributed by atoms with Gasteiger partial charge in [-0.25, -0.2) is 0 Å². The van der Waals surface area contributed by atoms with Crippen molar-refractivity contribution in [3.05, 3.63) is 0 Å². The van der Waals surface area contributed by atoms with Crippen molar-refractivity contribution in [2.75, 3.05) is 33.9 Å². The highest BCUT2D eigenvalue weighted by Crippen LogP contribution is 2.59. The molecular formula is C17H36N2O2S. The summed E-state index contributed by atoms with van der Waals surface area (Å²) in [6, 6.07) is 0.430. The number of hydrogen-bond acceptors (Lipinski definition) is 4. The quantitative estimate of drug-likeness (QED) is 0.691. The largest absolute Gasteiger partial charge is 0.260 e. The molecule has 5 heteroatoms. The minimum atomic E-state index is -1.76. The van der Waals surface area contributed by atoms with Crippen LogP contribution in [-0.2, 0) is 8.37 Å². The van der Waals surface area contributed by atoms with Crippen molar-refractivity contribution in [1.82, 2.24) is 8.61 Å². The molecule has 0 aromatic heterocycles. The molecule has 0 aromatic carbocycles.